The van der Waals surface area contributed by atoms with Crippen LogP contribution in [0.1, 0.15) is 25.0 Å². The highest BCUT2D eigenvalue weighted by molar-refractivity contribution is 5.35. The van der Waals surface area contributed by atoms with Crippen molar-refractivity contribution in [2.24, 2.45) is 10.8 Å². The molecule has 0 aromatic heterocycles. The maximum absolute atomic E-state index is 14.0. The molecule has 0 spiro atoms. The zero-order chi connectivity index (χ0) is 29.1. The molecule has 0 amide bonds. The van der Waals surface area contributed by atoms with Gasteiger partial charge in [0, 0.05) is 22.0 Å². The molecule has 2 aliphatic heterocycles. The van der Waals surface area contributed by atoms with Gasteiger partial charge in [-0.25, -0.2) is 0 Å². The third kappa shape index (κ3) is 5.08. The Morgan fingerprint density at radius 1 is 0.553 bits per heavy atom. The van der Waals surface area contributed by atoms with Gasteiger partial charge in [-0.2, -0.15) is 52.7 Å². The Kier molecular flexibility index (Phi) is 7.61. The molecule has 0 atom stereocenters. The number of benzene rings is 1. The van der Waals surface area contributed by atoms with Crippen LogP contribution in [0.3, 0.4) is 0 Å². The van der Waals surface area contributed by atoms with Crippen LogP contribution in [-0.4, -0.2) is 64.3 Å². The van der Waals surface area contributed by atoms with Crippen LogP contribution in [0.25, 0.3) is 0 Å². The van der Waals surface area contributed by atoms with E-state index in [9.17, 15) is 52.7 Å². The molecule has 1 aromatic carbocycles. The number of alkyl halides is 12. The summed E-state index contributed by atoms with van der Waals surface area (Å²) in [4.78, 5) is 0. The first-order chi connectivity index (χ1) is 17.0. The normalized spacial score (nSPS) is 20.6. The van der Waals surface area contributed by atoms with E-state index in [4.69, 9.17) is 9.47 Å². The second-order valence-corrected chi connectivity index (χ2v) is 10.1. The van der Waals surface area contributed by atoms with Gasteiger partial charge in [0.2, 0.25) is 0 Å². The topological polar surface area (TPSA) is 36.9 Å². The predicted molar refractivity (Wildman–Crippen MR) is 104 cm³/mol. The Balaban J connectivity index is 2.12. The minimum Gasteiger partial charge on any atom is -0.380 e. The van der Waals surface area contributed by atoms with Crippen LogP contribution in [0, 0.1) is 10.8 Å². The highest BCUT2D eigenvalue weighted by Gasteiger charge is 2.75. The van der Waals surface area contributed by atoms with Crippen molar-refractivity contribution in [3.05, 3.63) is 35.4 Å². The number of hydrogen-bond acceptors (Lipinski definition) is 4. The average molecular weight is 578 g/mol. The van der Waals surface area contributed by atoms with E-state index in [0.29, 0.717) is 0 Å². The fraction of sp³-hybridized carbons (Fsp3) is 0.727. The van der Waals surface area contributed by atoms with Gasteiger partial charge in [-0.1, -0.05) is 38.1 Å². The molecular formula is C22H22F12O4. The van der Waals surface area contributed by atoms with Gasteiger partial charge in [0.05, 0.1) is 39.6 Å². The van der Waals surface area contributed by atoms with Crippen molar-refractivity contribution in [1.29, 1.82) is 0 Å². The number of halogens is 12. The first-order valence-electron chi connectivity index (χ1n) is 10.9. The van der Waals surface area contributed by atoms with Crippen molar-refractivity contribution in [1.82, 2.24) is 0 Å². The van der Waals surface area contributed by atoms with E-state index in [1.807, 2.05) is 0 Å². The van der Waals surface area contributed by atoms with E-state index in [-0.39, 0.29) is 50.7 Å². The lowest BCUT2D eigenvalue weighted by Crippen LogP contribution is -2.59. The minimum atomic E-state index is -6.20. The maximum atomic E-state index is 14.0. The number of hydrogen-bond donors (Lipinski definition) is 0. The quantitative estimate of drug-likeness (QED) is 0.333. The van der Waals surface area contributed by atoms with Crippen LogP contribution in [0.2, 0.25) is 0 Å². The van der Waals surface area contributed by atoms with Gasteiger partial charge < -0.3 is 18.9 Å². The molecule has 38 heavy (non-hydrogen) atoms. The zero-order valence-corrected chi connectivity index (χ0v) is 19.7. The summed E-state index contributed by atoms with van der Waals surface area (Å²) in [6.07, 6.45) is -24.8. The molecule has 4 nitrogen and oxygen atoms in total. The van der Waals surface area contributed by atoms with E-state index < -0.39 is 71.1 Å². The third-order valence-corrected chi connectivity index (χ3v) is 6.37. The predicted octanol–water partition coefficient (Wildman–Crippen LogP) is 6.43. The fourth-order valence-corrected chi connectivity index (χ4v) is 4.04. The van der Waals surface area contributed by atoms with Crippen molar-refractivity contribution >= 4 is 0 Å². The molecule has 0 radical (unpaired) electrons. The average Bonchev–Trinajstić information content (AvgIpc) is 2.68. The first kappa shape index (κ1) is 30.8. The summed E-state index contributed by atoms with van der Waals surface area (Å²) in [5.74, 6) is 0. The van der Waals surface area contributed by atoms with Crippen LogP contribution in [-0.2, 0) is 30.1 Å². The SMILES string of the molecule is CC1(COC(c2ccc(C(OCC3(C)COC3)(C(F)(F)F)C(F)(F)F)cc2)(C(F)(F)F)C(F)(F)F)COC1. The second-order valence-electron chi connectivity index (χ2n) is 10.1. The Labute approximate surface area is 208 Å². The molecule has 2 heterocycles. The summed E-state index contributed by atoms with van der Waals surface area (Å²) in [5.41, 5.74) is -16.1. The molecule has 3 rings (SSSR count). The second kappa shape index (κ2) is 9.41. The number of rotatable bonds is 8. The van der Waals surface area contributed by atoms with E-state index in [1.54, 1.807) is 0 Å². The first-order valence-corrected chi connectivity index (χ1v) is 10.9. The molecule has 1 aromatic rings. The van der Waals surface area contributed by atoms with Gasteiger partial charge in [-0.3, -0.25) is 0 Å². The monoisotopic (exact) mass is 578 g/mol. The van der Waals surface area contributed by atoms with Gasteiger partial charge in [0.1, 0.15) is 0 Å². The summed E-state index contributed by atoms with van der Waals surface area (Å²) in [7, 11) is 0. The summed E-state index contributed by atoms with van der Waals surface area (Å²) >= 11 is 0. The third-order valence-electron chi connectivity index (χ3n) is 6.37. The van der Waals surface area contributed by atoms with Crippen LogP contribution in [0.4, 0.5) is 52.7 Å². The zero-order valence-electron chi connectivity index (χ0n) is 19.7. The van der Waals surface area contributed by atoms with Crippen molar-refractivity contribution < 1.29 is 71.6 Å². The molecule has 2 fully saturated rings. The van der Waals surface area contributed by atoms with E-state index in [2.05, 4.69) is 9.47 Å². The molecule has 0 aliphatic carbocycles. The van der Waals surface area contributed by atoms with E-state index in [1.165, 1.54) is 13.8 Å². The van der Waals surface area contributed by atoms with Gasteiger partial charge in [-0.15, -0.1) is 0 Å². The standard InChI is InChI=1S/C22H22F12O4/c1-15(7-35-8-15)11-37-17(19(23,24)25,20(26,27)28)13-3-5-14(6-4-13)18(21(29,30)31,22(32,33)34)38-12-16(2)9-36-10-16/h3-6H,7-12H2,1-2H3. The lowest BCUT2D eigenvalue weighted by Gasteiger charge is -2.44. The lowest BCUT2D eigenvalue weighted by atomic mass is 9.85. The van der Waals surface area contributed by atoms with Crippen molar-refractivity contribution in [3.63, 3.8) is 0 Å². The molecule has 0 unspecified atom stereocenters. The fourth-order valence-electron chi connectivity index (χ4n) is 4.04. The summed E-state index contributed by atoms with van der Waals surface area (Å²) in [6, 6.07) is -0.501. The van der Waals surface area contributed by atoms with Gasteiger partial charge in [-0.05, 0) is 0 Å². The Morgan fingerprint density at radius 3 is 0.947 bits per heavy atom. The van der Waals surface area contributed by atoms with Crippen molar-refractivity contribution in [2.45, 2.75) is 49.8 Å². The van der Waals surface area contributed by atoms with Crippen LogP contribution < -0.4 is 0 Å². The lowest BCUT2D eigenvalue weighted by molar-refractivity contribution is -0.398. The Hall–Kier alpha value is -1.78. The molecule has 2 aliphatic rings. The smallest absolute Gasteiger partial charge is 0.380 e. The van der Waals surface area contributed by atoms with Gasteiger partial charge in [0.15, 0.2) is 0 Å². The number of ether oxygens (including phenoxy) is 4. The Bertz CT molecular complexity index is 864. The minimum absolute atomic E-state index is 0.125. The summed E-state index contributed by atoms with van der Waals surface area (Å²) in [6.45, 7) is -0.569. The molecule has 0 bridgehead atoms. The Morgan fingerprint density at radius 2 is 0.789 bits per heavy atom. The molecule has 0 N–H and O–H groups in total. The van der Waals surface area contributed by atoms with Gasteiger partial charge in [0.25, 0.3) is 11.2 Å². The summed E-state index contributed by atoms with van der Waals surface area (Å²) in [5, 5.41) is 0. The van der Waals surface area contributed by atoms with Crippen molar-refractivity contribution in [2.75, 3.05) is 39.6 Å². The molecule has 16 heteroatoms. The van der Waals surface area contributed by atoms with Crippen LogP contribution in [0.5, 0.6) is 0 Å². The van der Waals surface area contributed by atoms with E-state index in [0.717, 1.165) is 0 Å². The maximum Gasteiger partial charge on any atom is 0.430 e. The molecule has 2 saturated heterocycles. The molecule has 218 valence electrons. The van der Waals surface area contributed by atoms with Crippen LogP contribution in [0.15, 0.2) is 24.3 Å². The molecule has 0 saturated carbocycles. The summed E-state index contributed by atoms with van der Waals surface area (Å²) < 4.78 is 186. The highest BCUT2D eigenvalue weighted by Crippen LogP contribution is 2.56. The van der Waals surface area contributed by atoms with E-state index >= 15 is 0 Å². The van der Waals surface area contributed by atoms with Crippen molar-refractivity contribution in [3.8, 4) is 0 Å². The van der Waals surface area contributed by atoms with Crippen LogP contribution >= 0.6 is 0 Å². The highest BCUT2D eigenvalue weighted by atomic mass is 19.4. The molecular weight excluding hydrogens is 556 g/mol. The largest absolute Gasteiger partial charge is 0.430 e. The van der Waals surface area contributed by atoms with Gasteiger partial charge >= 0.3 is 24.7 Å².